The predicted molar refractivity (Wildman–Crippen MR) is 131 cm³/mol. The number of ether oxygens (including phenoxy) is 3. The van der Waals surface area contributed by atoms with Gasteiger partial charge in [0, 0.05) is 10.7 Å². The number of hydrazone groups is 1. The molecule has 180 valence electrons. The van der Waals surface area contributed by atoms with Gasteiger partial charge in [-0.05, 0) is 79.2 Å². The summed E-state index contributed by atoms with van der Waals surface area (Å²) in [4.78, 5) is 36.4. The summed E-state index contributed by atoms with van der Waals surface area (Å²) in [6.45, 7) is 2.39. The van der Waals surface area contributed by atoms with Crippen LogP contribution >= 0.6 is 11.6 Å². The quantitative estimate of drug-likeness (QED) is 0.160. The lowest BCUT2D eigenvalue weighted by Gasteiger charge is -2.10. The highest BCUT2D eigenvalue weighted by atomic mass is 35.5. The molecule has 0 aliphatic heterocycles. The van der Waals surface area contributed by atoms with Crippen LogP contribution in [0.2, 0.25) is 5.02 Å². The van der Waals surface area contributed by atoms with Crippen LogP contribution in [-0.2, 0) is 9.59 Å². The summed E-state index contributed by atoms with van der Waals surface area (Å²) in [5.41, 5.74) is 3.44. The number of carbonyl (C=O) groups excluding carboxylic acids is 3. The van der Waals surface area contributed by atoms with Gasteiger partial charge in [0.25, 0.3) is 0 Å². The van der Waals surface area contributed by atoms with E-state index in [-0.39, 0.29) is 11.5 Å². The van der Waals surface area contributed by atoms with Crippen LogP contribution in [0.25, 0.3) is 0 Å². The highest BCUT2D eigenvalue weighted by Crippen LogP contribution is 2.28. The first kappa shape index (κ1) is 25.3. The standard InChI is InChI=1S/C25H22ClN3O6/c1-3-34-20-11-9-19(10-12-20)28-23(30)24(31)29-27-15-16-4-13-21(22(14-16)33-2)35-25(32)17-5-7-18(26)8-6-17/h4-15H,3H2,1-2H3,(H,28,30)(H,29,31)/b27-15-. The summed E-state index contributed by atoms with van der Waals surface area (Å²) < 4.78 is 16.0. The van der Waals surface area contributed by atoms with Crippen LogP contribution in [0.15, 0.2) is 71.8 Å². The molecule has 10 heteroatoms. The van der Waals surface area contributed by atoms with Crippen molar-refractivity contribution in [2.24, 2.45) is 5.10 Å². The highest BCUT2D eigenvalue weighted by molar-refractivity contribution is 6.39. The molecule has 0 aliphatic carbocycles. The van der Waals surface area contributed by atoms with E-state index < -0.39 is 17.8 Å². The number of esters is 1. The van der Waals surface area contributed by atoms with Crippen LogP contribution in [0.3, 0.4) is 0 Å². The lowest BCUT2D eigenvalue weighted by molar-refractivity contribution is -0.136. The van der Waals surface area contributed by atoms with Crippen LogP contribution in [0.1, 0.15) is 22.8 Å². The van der Waals surface area contributed by atoms with E-state index in [0.29, 0.717) is 34.2 Å². The van der Waals surface area contributed by atoms with Crippen molar-refractivity contribution >= 4 is 41.3 Å². The minimum Gasteiger partial charge on any atom is -0.494 e. The second-order valence-electron chi connectivity index (χ2n) is 6.92. The second kappa shape index (κ2) is 12.2. The van der Waals surface area contributed by atoms with Gasteiger partial charge in [-0.1, -0.05) is 11.6 Å². The molecule has 0 heterocycles. The SMILES string of the molecule is CCOc1ccc(NC(=O)C(=O)N/N=C\c2ccc(OC(=O)c3ccc(Cl)cc3)c(OC)c2)cc1. The monoisotopic (exact) mass is 495 g/mol. The number of carbonyl (C=O) groups is 3. The minimum absolute atomic E-state index is 0.198. The van der Waals surface area contributed by atoms with Crippen molar-refractivity contribution < 1.29 is 28.6 Å². The Morgan fingerprint density at radius 3 is 2.31 bits per heavy atom. The number of nitrogens with zero attached hydrogens (tertiary/aromatic N) is 1. The van der Waals surface area contributed by atoms with Gasteiger partial charge in [0.15, 0.2) is 11.5 Å². The molecule has 3 aromatic carbocycles. The molecule has 35 heavy (non-hydrogen) atoms. The molecule has 0 atom stereocenters. The maximum Gasteiger partial charge on any atom is 0.343 e. The summed E-state index contributed by atoms with van der Waals surface area (Å²) in [5.74, 6) is -1.28. The maximum atomic E-state index is 12.3. The van der Waals surface area contributed by atoms with Gasteiger partial charge in [-0.3, -0.25) is 9.59 Å². The molecule has 0 radical (unpaired) electrons. The van der Waals surface area contributed by atoms with Crippen LogP contribution < -0.4 is 25.0 Å². The third-order valence-electron chi connectivity index (χ3n) is 4.48. The summed E-state index contributed by atoms with van der Waals surface area (Å²) >= 11 is 5.83. The van der Waals surface area contributed by atoms with Crippen molar-refractivity contribution in [3.05, 3.63) is 82.9 Å². The van der Waals surface area contributed by atoms with E-state index in [1.54, 1.807) is 60.7 Å². The Bertz CT molecular complexity index is 1230. The molecule has 0 bridgehead atoms. The first-order chi connectivity index (χ1) is 16.9. The molecule has 3 rings (SSSR count). The van der Waals surface area contributed by atoms with E-state index in [9.17, 15) is 14.4 Å². The zero-order chi connectivity index (χ0) is 25.2. The van der Waals surface area contributed by atoms with Crippen LogP contribution in [-0.4, -0.2) is 37.7 Å². The minimum atomic E-state index is -0.949. The van der Waals surface area contributed by atoms with Crippen LogP contribution in [0.4, 0.5) is 5.69 Å². The molecular weight excluding hydrogens is 474 g/mol. The third kappa shape index (κ3) is 7.31. The first-order valence-corrected chi connectivity index (χ1v) is 10.8. The molecule has 2 amide bonds. The second-order valence-corrected chi connectivity index (χ2v) is 7.35. The number of hydrogen-bond acceptors (Lipinski definition) is 7. The Labute approximate surface area is 206 Å². The fraction of sp³-hybridized carbons (Fsp3) is 0.120. The number of amides is 2. The van der Waals surface area contributed by atoms with E-state index >= 15 is 0 Å². The van der Waals surface area contributed by atoms with Gasteiger partial charge >= 0.3 is 17.8 Å². The normalized spacial score (nSPS) is 10.5. The van der Waals surface area contributed by atoms with E-state index in [2.05, 4.69) is 15.8 Å². The molecule has 0 spiro atoms. The zero-order valence-electron chi connectivity index (χ0n) is 18.9. The summed E-state index contributed by atoms with van der Waals surface area (Å²) in [6, 6.07) is 17.5. The van der Waals surface area contributed by atoms with E-state index in [0.717, 1.165) is 0 Å². The van der Waals surface area contributed by atoms with Crippen LogP contribution in [0.5, 0.6) is 17.2 Å². The number of nitrogens with one attached hydrogen (secondary N) is 2. The molecule has 0 saturated carbocycles. The van der Waals surface area contributed by atoms with E-state index in [1.807, 2.05) is 6.92 Å². The molecule has 0 saturated heterocycles. The molecule has 0 fully saturated rings. The van der Waals surface area contributed by atoms with Gasteiger partial charge < -0.3 is 19.5 Å². The van der Waals surface area contributed by atoms with Crippen molar-refractivity contribution in [2.45, 2.75) is 6.92 Å². The highest BCUT2D eigenvalue weighted by Gasteiger charge is 2.14. The van der Waals surface area contributed by atoms with Crippen molar-refractivity contribution in [1.29, 1.82) is 0 Å². The van der Waals surface area contributed by atoms with Crippen molar-refractivity contribution in [1.82, 2.24) is 5.43 Å². The van der Waals surface area contributed by atoms with Crippen molar-refractivity contribution in [3.8, 4) is 17.2 Å². The smallest absolute Gasteiger partial charge is 0.343 e. The molecule has 3 aromatic rings. The third-order valence-corrected chi connectivity index (χ3v) is 4.73. The average molecular weight is 496 g/mol. The summed E-state index contributed by atoms with van der Waals surface area (Å²) in [6.07, 6.45) is 1.31. The van der Waals surface area contributed by atoms with Gasteiger partial charge in [-0.2, -0.15) is 5.10 Å². The van der Waals surface area contributed by atoms with Crippen molar-refractivity contribution in [3.63, 3.8) is 0 Å². The Kier molecular flexibility index (Phi) is 8.80. The van der Waals surface area contributed by atoms with Gasteiger partial charge in [-0.25, -0.2) is 10.2 Å². The zero-order valence-corrected chi connectivity index (χ0v) is 19.7. The Balaban J connectivity index is 1.57. The van der Waals surface area contributed by atoms with Crippen molar-refractivity contribution in [2.75, 3.05) is 19.0 Å². The summed E-state index contributed by atoms with van der Waals surface area (Å²) in [5, 5.41) is 6.75. The molecule has 0 aliphatic rings. The molecule has 0 aromatic heterocycles. The van der Waals surface area contributed by atoms with Gasteiger partial charge in [-0.15, -0.1) is 0 Å². The molecular formula is C25H22ClN3O6. The topological polar surface area (TPSA) is 115 Å². The van der Waals surface area contributed by atoms with E-state index in [4.69, 9.17) is 25.8 Å². The Hall–Kier alpha value is -4.37. The fourth-order valence-electron chi connectivity index (χ4n) is 2.80. The number of benzene rings is 3. The number of halogens is 1. The molecule has 2 N–H and O–H groups in total. The number of methoxy groups -OCH3 is 1. The van der Waals surface area contributed by atoms with Gasteiger partial charge in [0.2, 0.25) is 0 Å². The maximum absolute atomic E-state index is 12.3. The number of anilines is 1. The number of rotatable bonds is 8. The number of hydrogen-bond donors (Lipinski definition) is 2. The molecule has 9 nitrogen and oxygen atoms in total. The lowest BCUT2D eigenvalue weighted by Crippen LogP contribution is -2.32. The Morgan fingerprint density at radius 1 is 0.943 bits per heavy atom. The Morgan fingerprint density at radius 2 is 1.66 bits per heavy atom. The lowest BCUT2D eigenvalue weighted by atomic mass is 10.2. The van der Waals surface area contributed by atoms with Gasteiger partial charge in [0.1, 0.15) is 5.75 Å². The summed E-state index contributed by atoms with van der Waals surface area (Å²) in [7, 11) is 1.42. The average Bonchev–Trinajstić information content (AvgIpc) is 2.86. The first-order valence-electron chi connectivity index (χ1n) is 10.4. The molecule has 0 unspecified atom stereocenters. The fourth-order valence-corrected chi connectivity index (χ4v) is 2.92. The largest absolute Gasteiger partial charge is 0.494 e. The predicted octanol–water partition coefficient (Wildman–Crippen LogP) is 4.06. The van der Waals surface area contributed by atoms with E-state index in [1.165, 1.54) is 19.4 Å². The van der Waals surface area contributed by atoms with Gasteiger partial charge in [0.05, 0.1) is 25.5 Å². The van der Waals surface area contributed by atoms with Crippen LogP contribution in [0, 0.1) is 0 Å².